The normalized spacial score (nSPS) is 10.6. The molecule has 3 N–H and O–H groups in total. The summed E-state index contributed by atoms with van der Waals surface area (Å²) in [4.78, 5) is 15.4. The first kappa shape index (κ1) is 11.4. The molecule has 0 aliphatic rings. The highest BCUT2D eigenvalue weighted by atomic mass is 19.1. The summed E-state index contributed by atoms with van der Waals surface area (Å²) in [5, 5.41) is 5.78. The van der Waals surface area contributed by atoms with Crippen molar-refractivity contribution in [1.29, 1.82) is 0 Å². The van der Waals surface area contributed by atoms with Gasteiger partial charge in [0.05, 0.1) is 12.0 Å². The average molecular weight is 258 g/mol. The number of nitrogens with one attached hydrogen (secondary N) is 3. The largest absolute Gasteiger partial charge is 0.357 e. The zero-order valence-corrected chi connectivity index (χ0v) is 10.1. The van der Waals surface area contributed by atoms with E-state index in [1.807, 2.05) is 0 Å². The fourth-order valence-corrected chi connectivity index (χ4v) is 1.73. The SMILES string of the molecule is CNc1nc(Nc2ccccc2F)c2[nH]cnc2n1. The van der Waals surface area contributed by atoms with Gasteiger partial charge >= 0.3 is 0 Å². The Hall–Kier alpha value is -2.70. The first-order valence-electron chi connectivity index (χ1n) is 5.68. The monoisotopic (exact) mass is 258 g/mol. The molecule has 0 fully saturated rings. The lowest BCUT2D eigenvalue weighted by atomic mass is 10.3. The van der Waals surface area contributed by atoms with Crippen molar-refractivity contribution in [3.05, 3.63) is 36.4 Å². The molecule has 0 spiro atoms. The molecule has 2 aromatic heterocycles. The summed E-state index contributed by atoms with van der Waals surface area (Å²) in [6.07, 6.45) is 1.52. The molecule has 0 radical (unpaired) electrons. The van der Waals surface area contributed by atoms with Crippen LogP contribution in [-0.4, -0.2) is 27.0 Å². The molecule has 0 bridgehead atoms. The van der Waals surface area contributed by atoms with Gasteiger partial charge < -0.3 is 15.6 Å². The number of nitrogens with zero attached hydrogens (tertiary/aromatic N) is 3. The van der Waals surface area contributed by atoms with Gasteiger partial charge in [-0.05, 0) is 12.1 Å². The molecule has 6 nitrogen and oxygen atoms in total. The number of fused-ring (bicyclic) bond motifs is 1. The van der Waals surface area contributed by atoms with Crippen molar-refractivity contribution in [3.63, 3.8) is 0 Å². The maximum atomic E-state index is 13.6. The number of aromatic nitrogens is 4. The van der Waals surface area contributed by atoms with Gasteiger partial charge in [-0.1, -0.05) is 12.1 Å². The zero-order chi connectivity index (χ0) is 13.2. The van der Waals surface area contributed by atoms with E-state index in [2.05, 4.69) is 30.6 Å². The molecular weight excluding hydrogens is 247 g/mol. The molecular formula is C12H11FN6. The number of para-hydroxylation sites is 1. The molecule has 0 atom stereocenters. The van der Waals surface area contributed by atoms with Gasteiger partial charge in [-0.2, -0.15) is 9.97 Å². The number of hydrogen-bond donors (Lipinski definition) is 3. The number of hydrogen-bond acceptors (Lipinski definition) is 5. The van der Waals surface area contributed by atoms with Crippen molar-refractivity contribution in [1.82, 2.24) is 19.9 Å². The fourth-order valence-electron chi connectivity index (χ4n) is 1.73. The van der Waals surface area contributed by atoms with Gasteiger partial charge in [-0.3, -0.25) is 0 Å². The highest BCUT2D eigenvalue weighted by molar-refractivity contribution is 5.86. The van der Waals surface area contributed by atoms with E-state index < -0.39 is 0 Å². The number of benzene rings is 1. The van der Waals surface area contributed by atoms with Crippen LogP contribution in [0.3, 0.4) is 0 Å². The number of aromatic amines is 1. The molecule has 0 aliphatic carbocycles. The highest BCUT2D eigenvalue weighted by Gasteiger charge is 2.10. The Morgan fingerprint density at radius 2 is 2.05 bits per heavy atom. The van der Waals surface area contributed by atoms with Crippen LogP contribution in [0.15, 0.2) is 30.6 Å². The molecule has 1 aromatic carbocycles. The molecule has 0 saturated heterocycles. The first-order valence-corrected chi connectivity index (χ1v) is 5.68. The van der Waals surface area contributed by atoms with Crippen molar-refractivity contribution < 1.29 is 4.39 Å². The third kappa shape index (κ3) is 2.05. The van der Waals surface area contributed by atoms with E-state index in [1.165, 1.54) is 12.4 Å². The lowest BCUT2D eigenvalue weighted by Crippen LogP contribution is -2.02. The average Bonchev–Trinajstić information content (AvgIpc) is 2.89. The Balaban J connectivity index is 2.09. The van der Waals surface area contributed by atoms with Crippen LogP contribution in [0.4, 0.5) is 21.8 Å². The zero-order valence-electron chi connectivity index (χ0n) is 10.1. The van der Waals surface area contributed by atoms with Gasteiger partial charge in [-0.15, -0.1) is 0 Å². The summed E-state index contributed by atoms with van der Waals surface area (Å²) in [6.45, 7) is 0. The van der Waals surface area contributed by atoms with Gasteiger partial charge in [0.15, 0.2) is 11.5 Å². The molecule has 2 heterocycles. The Morgan fingerprint density at radius 3 is 2.84 bits per heavy atom. The predicted molar refractivity (Wildman–Crippen MR) is 70.9 cm³/mol. The van der Waals surface area contributed by atoms with Gasteiger partial charge in [0.2, 0.25) is 5.95 Å². The van der Waals surface area contributed by atoms with Gasteiger partial charge in [-0.25, -0.2) is 9.37 Å². The van der Waals surface area contributed by atoms with Crippen LogP contribution >= 0.6 is 0 Å². The Kier molecular flexibility index (Phi) is 2.71. The van der Waals surface area contributed by atoms with Crippen molar-refractivity contribution in [2.45, 2.75) is 0 Å². The number of halogens is 1. The summed E-state index contributed by atoms with van der Waals surface area (Å²) in [5.41, 5.74) is 1.49. The van der Waals surface area contributed by atoms with Crippen LogP contribution in [-0.2, 0) is 0 Å². The van der Waals surface area contributed by atoms with Crippen LogP contribution in [0, 0.1) is 5.82 Å². The highest BCUT2D eigenvalue weighted by Crippen LogP contribution is 2.24. The Bertz CT molecular complexity index is 723. The minimum Gasteiger partial charge on any atom is -0.357 e. The molecule has 0 unspecified atom stereocenters. The standard InChI is InChI=1S/C12H11FN6/c1-14-12-18-10-9(15-6-16-10)11(19-12)17-8-5-3-2-4-7(8)13/h2-6H,1H3,(H3,14,15,16,17,18,19). The molecule has 3 aromatic rings. The van der Waals surface area contributed by atoms with Crippen LogP contribution in [0.1, 0.15) is 0 Å². The van der Waals surface area contributed by atoms with Crippen LogP contribution < -0.4 is 10.6 Å². The Morgan fingerprint density at radius 1 is 1.21 bits per heavy atom. The minimum atomic E-state index is -0.347. The predicted octanol–water partition coefficient (Wildman–Crippen LogP) is 2.28. The Labute approximate surface area is 108 Å². The molecule has 0 aliphatic heterocycles. The third-order valence-corrected chi connectivity index (χ3v) is 2.64. The lowest BCUT2D eigenvalue weighted by Gasteiger charge is -2.08. The molecule has 7 heteroatoms. The van der Waals surface area contributed by atoms with E-state index in [0.717, 1.165) is 0 Å². The molecule has 0 amide bonds. The quantitative estimate of drug-likeness (QED) is 0.671. The maximum absolute atomic E-state index is 13.6. The summed E-state index contributed by atoms with van der Waals surface area (Å²) in [6, 6.07) is 6.40. The lowest BCUT2D eigenvalue weighted by molar-refractivity contribution is 0.632. The van der Waals surface area contributed by atoms with E-state index in [9.17, 15) is 4.39 Å². The second-order valence-corrected chi connectivity index (χ2v) is 3.85. The van der Waals surface area contributed by atoms with Crippen LogP contribution in [0.25, 0.3) is 11.2 Å². The molecule has 96 valence electrons. The van der Waals surface area contributed by atoms with Gasteiger partial charge in [0.25, 0.3) is 0 Å². The van der Waals surface area contributed by atoms with E-state index >= 15 is 0 Å². The van der Waals surface area contributed by atoms with Gasteiger partial charge in [0.1, 0.15) is 11.3 Å². The van der Waals surface area contributed by atoms with E-state index in [4.69, 9.17) is 0 Å². The third-order valence-electron chi connectivity index (χ3n) is 2.64. The minimum absolute atomic E-state index is 0.346. The van der Waals surface area contributed by atoms with E-state index in [-0.39, 0.29) is 5.82 Å². The fraction of sp³-hybridized carbons (Fsp3) is 0.0833. The van der Waals surface area contributed by atoms with Crippen LogP contribution in [0.5, 0.6) is 0 Å². The van der Waals surface area contributed by atoms with Crippen molar-refractivity contribution in [3.8, 4) is 0 Å². The van der Waals surface area contributed by atoms with Gasteiger partial charge in [0, 0.05) is 7.05 Å². The first-order chi connectivity index (χ1) is 9.28. The van der Waals surface area contributed by atoms with Crippen molar-refractivity contribution in [2.75, 3.05) is 17.7 Å². The summed E-state index contributed by atoms with van der Waals surface area (Å²) < 4.78 is 13.6. The summed E-state index contributed by atoms with van der Waals surface area (Å²) in [7, 11) is 1.71. The van der Waals surface area contributed by atoms with Crippen LogP contribution in [0.2, 0.25) is 0 Å². The number of rotatable bonds is 3. The van der Waals surface area contributed by atoms with Crippen molar-refractivity contribution >= 4 is 28.6 Å². The summed E-state index contributed by atoms with van der Waals surface area (Å²) in [5.74, 6) is 0.537. The summed E-state index contributed by atoms with van der Waals surface area (Å²) >= 11 is 0. The molecule has 3 rings (SSSR count). The molecule has 0 saturated carbocycles. The van der Waals surface area contributed by atoms with E-state index in [0.29, 0.717) is 28.6 Å². The van der Waals surface area contributed by atoms with E-state index in [1.54, 1.807) is 25.2 Å². The number of H-pyrrole nitrogens is 1. The topological polar surface area (TPSA) is 78.5 Å². The number of imidazole rings is 1. The smallest absolute Gasteiger partial charge is 0.226 e. The second-order valence-electron chi connectivity index (χ2n) is 3.85. The van der Waals surface area contributed by atoms with Crippen molar-refractivity contribution in [2.24, 2.45) is 0 Å². The number of anilines is 3. The molecule has 19 heavy (non-hydrogen) atoms. The second kappa shape index (κ2) is 4.52. The maximum Gasteiger partial charge on any atom is 0.226 e.